The maximum absolute atomic E-state index is 12.4. The lowest BCUT2D eigenvalue weighted by molar-refractivity contribution is -0.384. The molecule has 0 saturated carbocycles. The molecular weight excluding hydrogens is 408 g/mol. The lowest BCUT2D eigenvalue weighted by Crippen LogP contribution is -2.17. The van der Waals surface area contributed by atoms with Gasteiger partial charge in [-0.3, -0.25) is 14.9 Å². The summed E-state index contributed by atoms with van der Waals surface area (Å²) in [5.74, 6) is 0.336. The average molecular weight is 428 g/mol. The minimum absolute atomic E-state index is 0.0487. The lowest BCUT2D eigenvalue weighted by atomic mass is 10.1. The van der Waals surface area contributed by atoms with Crippen LogP contribution in [-0.2, 0) is 0 Å². The summed E-state index contributed by atoms with van der Waals surface area (Å²) in [6.45, 7) is 4.05. The number of nitrogens with one attached hydrogen (secondary N) is 1. The highest BCUT2D eigenvalue weighted by molar-refractivity contribution is 5.95. The Kier molecular flexibility index (Phi) is 5.67. The molecule has 8 nitrogen and oxygen atoms in total. The molecule has 0 fully saturated rings. The van der Waals surface area contributed by atoms with Gasteiger partial charge in [-0.2, -0.15) is 5.10 Å². The number of rotatable bonds is 6. The number of hydrogen-bond donors (Lipinski definition) is 1. The first-order chi connectivity index (χ1) is 15.4. The number of carbonyl (C=O) groups excluding carboxylic acids is 1. The summed E-state index contributed by atoms with van der Waals surface area (Å²) in [5, 5.41) is 15.1. The number of nitrogens with zero attached hydrogens (tertiary/aromatic N) is 3. The second-order valence-corrected chi connectivity index (χ2v) is 7.17. The summed E-state index contributed by atoms with van der Waals surface area (Å²) in [4.78, 5) is 23.1. The van der Waals surface area contributed by atoms with E-state index in [9.17, 15) is 14.9 Å². The second kappa shape index (κ2) is 8.73. The molecule has 0 atom stereocenters. The third-order valence-electron chi connectivity index (χ3n) is 5.01. The highest BCUT2D eigenvalue weighted by atomic mass is 16.6. The minimum Gasteiger partial charge on any atom is -0.455 e. The van der Waals surface area contributed by atoms with Crippen molar-refractivity contribution in [3.63, 3.8) is 0 Å². The van der Waals surface area contributed by atoms with Gasteiger partial charge in [-0.05, 0) is 68.4 Å². The molecule has 0 radical (unpaired) electrons. The number of nitro groups is 1. The molecular formula is C24H20N4O4. The molecule has 0 aliphatic rings. The predicted octanol–water partition coefficient (Wildman–Crippen LogP) is 5.03. The Labute approximate surface area is 184 Å². The van der Waals surface area contributed by atoms with E-state index in [-0.39, 0.29) is 11.6 Å². The molecule has 2 aromatic carbocycles. The fourth-order valence-corrected chi connectivity index (χ4v) is 3.46. The standard InChI is InChI=1S/C24H20N4O4/c1-16-7-8-17(2)27(16)19-11-9-18(10-12-19)24(29)26-25-15-20-13-14-23(32-20)21-5-3-4-6-22(21)28(30)31/h3-15H,1-2H3,(H,26,29)/b25-15+. The maximum atomic E-state index is 12.4. The Bertz CT molecular complexity index is 1300. The second-order valence-electron chi connectivity index (χ2n) is 7.17. The van der Waals surface area contributed by atoms with Crippen LogP contribution >= 0.6 is 0 Å². The SMILES string of the molecule is Cc1ccc(C)n1-c1ccc(C(=O)N/N=C/c2ccc(-c3ccccc3[N+](=O)[O-])o2)cc1. The third kappa shape index (κ3) is 4.20. The molecule has 1 N–H and O–H groups in total. The summed E-state index contributed by atoms with van der Waals surface area (Å²) in [6.07, 6.45) is 1.34. The number of nitro benzene ring substituents is 1. The number of amides is 1. The van der Waals surface area contributed by atoms with E-state index in [2.05, 4.69) is 15.1 Å². The van der Waals surface area contributed by atoms with Gasteiger partial charge in [0.1, 0.15) is 11.5 Å². The van der Waals surface area contributed by atoms with Crippen molar-refractivity contribution in [1.82, 2.24) is 9.99 Å². The summed E-state index contributed by atoms with van der Waals surface area (Å²) >= 11 is 0. The van der Waals surface area contributed by atoms with Gasteiger partial charge in [-0.15, -0.1) is 0 Å². The first-order valence-corrected chi connectivity index (χ1v) is 9.86. The van der Waals surface area contributed by atoms with Gasteiger partial charge in [-0.1, -0.05) is 12.1 Å². The van der Waals surface area contributed by atoms with Gasteiger partial charge in [0.25, 0.3) is 11.6 Å². The van der Waals surface area contributed by atoms with Crippen LogP contribution in [0.15, 0.2) is 82.3 Å². The summed E-state index contributed by atoms with van der Waals surface area (Å²) in [5.41, 5.74) is 6.45. The van der Waals surface area contributed by atoms with Gasteiger partial charge in [0.05, 0.1) is 16.7 Å². The smallest absolute Gasteiger partial charge is 0.280 e. The Hall–Kier alpha value is -4.46. The molecule has 2 aromatic heterocycles. The average Bonchev–Trinajstić information content (AvgIpc) is 3.40. The number of hydrazone groups is 1. The van der Waals surface area contributed by atoms with Crippen LogP contribution < -0.4 is 5.43 Å². The van der Waals surface area contributed by atoms with Crippen molar-refractivity contribution in [2.24, 2.45) is 5.10 Å². The van der Waals surface area contributed by atoms with Crippen LogP contribution in [0.2, 0.25) is 0 Å². The van der Waals surface area contributed by atoms with Gasteiger partial charge in [0.2, 0.25) is 0 Å². The molecule has 0 saturated heterocycles. The van der Waals surface area contributed by atoms with E-state index in [0.29, 0.717) is 22.6 Å². The number of aryl methyl sites for hydroxylation is 2. The van der Waals surface area contributed by atoms with Crippen LogP contribution in [0.25, 0.3) is 17.0 Å². The minimum atomic E-state index is -0.462. The first-order valence-electron chi connectivity index (χ1n) is 9.86. The van der Waals surface area contributed by atoms with Gasteiger partial charge < -0.3 is 8.98 Å². The van der Waals surface area contributed by atoms with E-state index in [1.807, 2.05) is 38.1 Å². The van der Waals surface area contributed by atoms with E-state index in [0.717, 1.165) is 17.1 Å². The molecule has 4 rings (SSSR count). The van der Waals surface area contributed by atoms with E-state index < -0.39 is 4.92 Å². The highest BCUT2D eigenvalue weighted by Gasteiger charge is 2.16. The Morgan fingerprint density at radius 3 is 2.38 bits per heavy atom. The number of furan rings is 1. The molecule has 0 bridgehead atoms. The van der Waals surface area contributed by atoms with Gasteiger partial charge in [-0.25, -0.2) is 5.43 Å². The van der Waals surface area contributed by atoms with Crippen LogP contribution in [0, 0.1) is 24.0 Å². The molecule has 1 amide bonds. The molecule has 160 valence electrons. The predicted molar refractivity (Wildman–Crippen MR) is 121 cm³/mol. The molecule has 0 spiro atoms. The fraction of sp³-hybridized carbons (Fsp3) is 0.0833. The van der Waals surface area contributed by atoms with E-state index >= 15 is 0 Å². The van der Waals surface area contributed by atoms with Crippen molar-refractivity contribution in [2.75, 3.05) is 0 Å². The first kappa shape index (κ1) is 20.8. The molecule has 2 heterocycles. The molecule has 0 unspecified atom stereocenters. The largest absolute Gasteiger partial charge is 0.455 e. The lowest BCUT2D eigenvalue weighted by Gasteiger charge is -2.09. The quantitative estimate of drug-likeness (QED) is 0.264. The van der Waals surface area contributed by atoms with Crippen molar-refractivity contribution in [3.05, 3.63) is 106 Å². The monoisotopic (exact) mass is 428 g/mol. The van der Waals surface area contributed by atoms with Crippen molar-refractivity contribution in [3.8, 4) is 17.0 Å². The maximum Gasteiger partial charge on any atom is 0.280 e. The molecule has 0 aliphatic carbocycles. The van der Waals surface area contributed by atoms with Crippen LogP contribution in [0.5, 0.6) is 0 Å². The topological polar surface area (TPSA) is 103 Å². The molecule has 8 heteroatoms. The molecule has 32 heavy (non-hydrogen) atoms. The highest BCUT2D eigenvalue weighted by Crippen LogP contribution is 2.30. The van der Waals surface area contributed by atoms with Gasteiger partial charge in [0.15, 0.2) is 0 Å². The number of aromatic nitrogens is 1. The van der Waals surface area contributed by atoms with Gasteiger partial charge >= 0.3 is 0 Å². The normalized spacial score (nSPS) is 11.1. The van der Waals surface area contributed by atoms with Crippen LogP contribution in [0.3, 0.4) is 0 Å². The van der Waals surface area contributed by atoms with Crippen molar-refractivity contribution >= 4 is 17.8 Å². The van der Waals surface area contributed by atoms with Crippen molar-refractivity contribution in [2.45, 2.75) is 13.8 Å². The Morgan fingerprint density at radius 1 is 1.00 bits per heavy atom. The number of benzene rings is 2. The van der Waals surface area contributed by atoms with Crippen LogP contribution in [0.1, 0.15) is 27.5 Å². The van der Waals surface area contributed by atoms with Crippen molar-refractivity contribution in [1.29, 1.82) is 0 Å². The number of carbonyl (C=O) groups is 1. The number of hydrogen-bond acceptors (Lipinski definition) is 5. The van der Waals surface area contributed by atoms with Gasteiger partial charge in [0, 0.05) is 28.7 Å². The Morgan fingerprint density at radius 2 is 1.69 bits per heavy atom. The van der Waals surface area contributed by atoms with E-state index in [1.165, 1.54) is 12.3 Å². The molecule has 4 aromatic rings. The fourth-order valence-electron chi connectivity index (χ4n) is 3.46. The summed E-state index contributed by atoms with van der Waals surface area (Å²) < 4.78 is 7.72. The molecule has 0 aliphatic heterocycles. The van der Waals surface area contributed by atoms with Crippen LogP contribution in [0.4, 0.5) is 5.69 Å². The van der Waals surface area contributed by atoms with Crippen molar-refractivity contribution < 1.29 is 14.1 Å². The number of para-hydroxylation sites is 1. The van der Waals surface area contributed by atoms with Crippen LogP contribution in [-0.4, -0.2) is 21.6 Å². The summed E-state index contributed by atoms with van der Waals surface area (Å²) in [7, 11) is 0. The Balaban J connectivity index is 1.43. The zero-order valence-electron chi connectivity index (χ0n) is 17.5. The summed E-state index contributed by atoms with van der Waals surface area (Å²) in [6, 6.07) is 20.9. The van der Waals surface area contributed by atoms with E-state index in [1.54, 1.807) is 42.5 Å². The third-order valence-corrected chi connectivity index (χ3v) is 5.01. The zero-order chi connectivity index (χ0) is 22.7. The van der Waals surface area contributed by atoms with E-state index in [4.69, 9.17) is 4.42 Å². The zero-order valence-corrected chi connectivity index (χ0v) is 17.5.